The first kappa shape index (κ1) is 14.5. The van der Waals surface area contributed by atoms with Crippen LogP contribution in [-0.4, -0.2) is 12.6 Å². The zero-order chi connectivity index (χ0) is 14.4. The molecule has 2 aromatic rings. The lowest BCUT2D eigenvalue weighted by molar-refractivity contribution is 0.252. The van der Waals surface area contributed by atoms with E-state index in [2.05, 4.69) is 26.6 Å². The van der Waals surface area contributed by atoms with Gasteiger partial charge in [-0.2, -0.15) is 0 Å². The van der Waals surface area contributed by atoms with E-state index in [4.69, 9.17) is 0 Å². The molecule has 0 heterocycles. The molecule has 0 atom stereocenters. The summed E-state index contributed by atoms with van der Waals surface area (Å²) in [6.07, 6.45) is 0.734. The van der Waals surface area contributed by atoms with Gasteiger partial charge in [0.15, 0.2) is 0 Å². The minimum absolute atomic E-state index is 0.302. The largest absolute Gasteiger partial charge is 0.338 e. The van der Waals surface area contributed by atoms with Gasteiger partial charge in [-0.15, -0.1) is 0 Å². The average Bonchev–Trinajstić information content (AvgIpc) is 2.43. The molecule has 0 spiro atoms. The molecule has 3 nitrogen and oxygen atoms in total. The molecule has 104 valence electrons. The highest BCUT2D eigenvalue weighted by atomic mass is 79.9. The minimum Gasteiger partial charge on any atom is -0.338 e. The summed E-state index contributed by atoms with van der Waals surface area (Å²) in [6, 6.07) is 13.2. The Hall–Kier alpha value is -1.88. The smallest absolute Gasteiger partial charge is 0.319 e. The van der Waals surface area contributed by atoms with E-state index >= 15 is 0 Å². The second-order valence-corrected chi connectivity index (χ2v) is 5.08. The Morgan fingerprint density at radius 3 is 2.50 bits per heavy atom. The fraction of sp³-hybridized carbons (Fsp3) is 0.133. The lowest BCUT2D eigenvalue weighted by atomic mass is 10.1. The highest BCUT2D eigenvalue weighted by molar-refractivity contribution is 9.10. The zero-order valence-electron chi connectivity index (χ0n) is 10.7. The first-order valence-electron chi connectivity index (χ1n) is 6.19. The Kier molecular flexibility index (Phi) is 5.12. The van der Waals surface area contributed by atoms with Gasteiger partial charge in [0, 0.05) is 16.7 Å². The number of hydrogen-bond donors (Lipinski definition) is 2. The van der Waals surface area contributed by atoms with Crippen molar-refractivity contribution in [3.63, 3.8) is 0 Å². The highest BCUT2D eigenvalue weighted by Gasteiger charge is 2.03. The van der Waals surface area contributed by atoms with Crippen molar-refractivity contribution >= 4 is 27.6 Å². The third-order valence-electron chi connectivity index (χ3n) is 2.74. The first-order chi connectivity index (χ1) is 9.65. The van der Waals surface area contributed by atoms with Crippen molar-refractivity contribution in [2.75, 3.05) is 11.9 Å². The van der Waals surface area contributed by atoms with Gasteiger partial charge in [-0.25, -0.2) is 9.18 Å². The van der Waals surface area contributed by atoms with Crippen molar-refractivity contribution in [2.45, 2.75) is 6.42 Å². The number of anilines is 1. The molecule has 5 heteroatoms. The van der Waals surface area contributed by atoms with Crippen LogP contribution in [0, 0.1) is 5.82 Å². The molecule has 20 heavy (non-hydrogen) atoms. The number of amides is 2. The molecule has 0 bridgehead atoms. The van der Waals surface area contributed by atoms with E-state index in [0.29, 0.717) is 12.2 Å². The molecule has 0 saturated carbocycles. The number of urea groups is 1. The Labute approximate surface area is 125 Å². The Morgan fingerprint density at radius 2 is 1.80 bits per heavy atom. The first-order valence-corrected chi connectivity index (χ1v) is 6.98. The molecule has 2 aromatic carbocycles. The summed E-state index contributed by atoms with van der Waals surface area (Å²) in [7, 11) is 0. The summed E-state index contributed by atoms with van der Waals surface area (Å²) >= 11 is 3.46. The van der Waals surface area contributed by atoms with E-state index in [-0.39, 0.29) is 11.8 Å². The Bertz CT molecular complexity index is 587. The van der Waals surface area contributed by atoms with Crippen LogP contribution in [0.3, 0.4) is 0 Å². The lowest BCUT2D eigenvalue weighted by Gasteiger charge is -2.08. The normalized spacial score (nSPS) is 10.1. The number of hydrogen-bond acceptors (Lipinski definition) is 1. The maximum atomic E-state index is 12.7. The maximum Gasteiger partial charge on any atom is 0.319 e. The van der Waals surface area contributed by atoms with Crippen LogP contribution < -0.4 is 10.6 Å². The predicted molar refractivity (Wildman–Crippen MR) is 81.3 cm³/mol. The molecule has 0 aliphatic rings. The molecule has 0 aliphatic carbocycles. The molecule has 0 unspecified atom stereocenters. The quantitative estimate of drug-likeness (QED) is 0.871. The standard InChI is InChI=1S/C15H14BrFN2O/c16-14-4-2-1-3-11(14)9-10-18-15(20)19-13-7-5-12(17)6-8-13/h1-8H,9-10H2,(H2,18,19,20). The molecular weight excluding hydrogens is 323 g/mol. The van der Waals surface area contributed by atoms with Crippen LogP contribution in [0.15, 0.2) is 53.0 Å². The molecular formula is C15H14BrFN2O. The SMILES string of the molecule is O=C(NCCc1ccccc1Br)Nc1ccc(F)cc1. The van der Waals surface area contributed by atoms with E-state index in [1.54, 1.807) is 0 Å². The molecule has 2 N–H and O–H groups in total. The number of benzene rings is 2. The van der Waals surface area contributed by atoms with Crippen LogP contribution in [0.5, 0.6) is 0 Å². The minimum atomic E-state index is -0.329. The number of carbonyl (C=O) groups excluding carboxylic acids is 1. The van der Waals surface area contributed by atoms with Crippen LogP contribution in [0.1, 0.15) is 5.56 Å². The van der Waals surface area contributed by atoms with E-state index in [1.165, 1.54) is 24.3 Å². The predicted octanol–water partition coefficient (Wildman–Crippen LogP) is 3.95. The fourth-order valence-corrected chi connectivity index (χ4v) is 2.20. The van der Waals surface area contributed by atoms with Gasteiger partial charge in [0.25, 0.3) is 0 Å². The van der Waals surface area contributed by atoms with Crippen molar-refractivity contribution in [3.05, 3.63) is 64.4 Å². The number of halogens is 2. The van der Waals surface area contributed by atoms with Gasteiger partial charge < -0.3 is 10.6 Å². The highest BCUT2D eigenvalue weighted by Crippen LogP contribution is 2.15. The van der Waals surface area contributed by atoms with Crippen LogP contribution >= 0.6 is 15.9 Å². The summed E-state index contributed by atoms with van der Waals surface area (Å²) in [6.45, 7) is 0.523. The summed E-state index contributed by atoms with van der Waals surface area (Å²) < 4.78 is 13.7. The third kappa shape index (κ3) is 4.35. The average molecular weight is 337 g/mol. The van der Waals surface area contributed by atoms with Gasteiger partial charge in [-0.3, -0.25) is 0 Å². The molecule has 0 aliphatic heterocycles. The monoisotopic (exact) mass is 336 g/mol. The number of nitrogens with one attached hydrogen (secondary N) is 2. The topological polar surface area (TPSA) is 41.1 Å². The van der Waals surface area contributed by atoms with E-state index in [9.17, 15) is 9.18 Å². The second kappa shape index (κ2) is 7.05. The molecule has 0 saturated heterocycles. The van der Waals surface area contributed by atoms with Gasteiger partial charge in [-0.1, -0.05) is 34.1 Å². The van der Waals surface area contributed by atoms with Gasteiger partial charge in [0.2, 0.25) is 0 Å². The fourth-order valence-electron chi connectivity index (χ4n) is 1.72. The number of rotatable bonds is 4. The van der Waals surface area contributed by atoms with Crippen molar-refractivity contribution in [2.24, 2.45) is 0 Å². The van der Waals surface area contributed by atoms with Gasteiger partial charge in [-0.05, 0) is 42.3 Å². The summed E-state index contributed by atoms with van der Waals surface area (Å²) in [5.74, 6) is -0.329. The molecule has 0 aromatic heterocycles. The van der Waals surface area contributed by atoms with Gasteiger partial charge in [0.1, 0.15) is 5.82 Å². The second-order valence-electron chi connectivity index (χ2n) is 4.23. The van der Waals surface area contributed by atoms with Gasteiger partial charge >= 0.3 is 6.03 Å². The van der Waals surface area contributed by atoms with Crippen molar-refractivity contribution in [1.82, 2.24) is 5.32 Å². The summed E-state index contributed by atoms with van der Waals surface area (Å²) in [4.78, 5) is 11.6. The molecule has 2 rings (SSSR count). The Morgan fingerprint density at radius 1 is 1.10 bits per heavy atom. The van der Waals surface area contributed by atoms with Crippen LogP contribution in [-0.2, 0) is 6.42 Å². The lowest BCUT2D eigenvalue weighted by Crippen LogP contribution is -2.30. The van der Waals surface area contributed by atoms with Crippen LogP contribution in [0.4, 0.5) is 14.9 Å². The van der Waals surface area contributed by atoms with Crippen molar-refractivity contribution in [3.8, 4) is 0 Å². The summed E-state index contributed by atoms with van der Waals surface area (Å²) in [5, 5.41) is 5.40. The van der Waals surface area contributed by atoms with E-state index in [1.807, 2.05) is 24.3 Å². The molecule has 0 fully saturated rings. The summed E-state index contributed by atoms with van der Waals surface area (Å²) in [5.41, 5.74) is 1.69. The zero-order valence-corrected chi connectivity index (χ0v) is 12.3. The Balaban J connectivity index is 1.78. The van der Waals surface area contributed by atoms with Gasteiger partial charge in [0.05, 0.1) is 0 Å². The van der Waals surface area contributed by atoms with Crippen LogP contribution in [0.2, 0.25) is 0 Å². The van der Waals surface area contributed by atoms with E-state index in [0.717, 1.165) is 16.5 Å². The maximum absolute atomic E-state index is 12.7. The van der Waals surface area contributed by atoms with E-state index < -0.39 is 0 Å². The molecule has 2 amide bonds. The van der Waals surface area contributed by atoms with Crippen molar-refractivity contribution in [1.29, 1.82) is 0 Å². The van der Waals surface area contributed by atoms with Crippen molar-refractivity contribution < 1.29 is 9.18 Å². The van der Waals surface area contributed by atoms with Crippen LogP contribution in [0.25, 0.3) is 0 Å². The molecule has 0 radical (unpaired) electrons. The number of carbonyl (C=O) groups is 1. The third-order valence-corrected chi connectivity index (χ3v) is 3.51.